The molecule has 1 saturated heterocycles. The molecule has 1 saturated carbocycles. The van der Waals surface area contributed by atoms with Crippen LogP contribution in [0.15, 0.2) is 35.3 Å². The molecule has 1 aromatic carbocycles. The van der Waals surface area contributed by atoms with E-state index in [1.54, 1.807) is 16.8 Å². The summed E-state index contributed by atoms with van der Waals surface area (Å²) in [7, 11) is 1.53. The fraction of sp³-hybridized carbons (Fsp3) is 0.440. The first-order valence-electron chi connectivity index (χ1n) is 12.1. The van der Waals surface area contributed by atoms with Crippen molar-refractivity contribution in [1.29, 1.82) is 0 Å². The van der Waals surface area contributed by atoms with Crippen molar-refractivity contribution in [2.24, 2.45) is 0 Å². The molecule has 0 bridgehead atoms. The van der Waals surface area contributed by atoms with Crippen LogP contribution in [0.2, 0.25) is 5.02 Å². The zero-order valence-corrected chi connectivity index (χ0v) is 20.5. The molecule has 0 unspecified atom stereocenters. The Bertz CT molecular complexity index is 1300. The zero-order chi connectivity index (χ0) is 24.4. The number of anilines is 3. The van der Waals surface area contributed by atoms with Gasteiger partial charge in [-0.2, -0.15) is 4.98 Å². The van der Waals surface area contributed by atoms with Gasteiger partial charge in [0.2, 0.25) is 5.95 Å². The van der Waals surface area contributed by atoms with E-state index in [0.29, 0.717) is 16.8 Å². The zero-order valence-electron chi connectivity index (χ0n) is 19.7. The number of aromatic nitrogens is 3. The topological polar surface area (TPSA) is 101 Å². The van der Waals surface area contributed by atoms with Gasteiger partial charge < -0.3 is 24.8 Å². The van der Waals surface area contributed by atoms with Crippen LogP contribution < -0.4 is 25.8 Å². The number of piperidine rings is 1. The van der Waals surface area contributed by atoms with Gasteiger partial charge in [-0.15, -0.1) is 0 Å². The minimum Gasteiger partial charge on any atom is -0.478 e. The summed E-state index contributed by atoms with van der Waals surface area (Å²) in [4.78, 5) is 36.1. The summed E-state index contributed by atoms with van der Waals surface area (Å²) < 4.78 is 7.40. The molecule has 3 aromatic rings. The summed E-state index contributed by atoms with van der Waals surface area (Å²) in [5.74, 6) is 1.07. The highest BCUT2D eigenvalue weighted by atomic mass is 35.5. The van der Waals surface area contributed by atoms with E-state index in [1.807, 2.05) is 18.2 Å². The maximum absolute atomic E-state index is 13.2. The number of carbonyl (C=O) groups is 1. The number of nitrogens with one attached hydrogen (secondary N) is 2. The Kier molecular flexibility index (Phi) is 6.77. The molecular formula is C25H29ClN6O3. The molecule has 0 radical (unpaired) electrons. The lowest BCUT2D eigenvalue weighted by Gasteiger charge is -2.29. The van der Waals surface area contributed by atoms with Crippen LogP contribution in [0.5, 0.6) is 5.75 Å². The van der Waals surface area contributed by atoms with E-state index in [4.69, 9.17) is 16.3 Å². The second-order valence-corrected chi connectivity index (χ2v) is 9.45. The van der Waals surface area contributed by atoms with E-state index in [1.165, 1.54) is 13.5 Å². The van der Waals surface area contributed by atoms with Crippen LogP contribution in [0, 0.1) is 0 Å². The largest absolute Gasteiger partial charge is 0.478 e. The lowest BCUT2D eigenvalue weighted by atomic mass is 9.92. The van der Waals surface area contributed by atoms with Gasteiger partial charge >= 0.3 is 0 Å². The number of hydrogen-bond donors (Lipinski definition) is 2. The Morgan fingerprint density at radius 3 is 2.69 bits per heavy atom. The number of rotatable bonds is 7. The monoisotopic (exact) mass is 496 g/mol. The number of benzene rings is 1. The summed E-state index contributed by atoms with van der Waals surface area (Å²) in [6.45, 7) is 1.67. The van der Waals surface area contributed by atoms with Crippen molar-refractivity contribution in [2.75, 3.05) is 37.0 Å². The van der Waals surface area contributed by atoms with E-state index < -0.39 is 0 Å². The number of fused-ring (bicyclic) bond motifs is 1. The predicted molar refractivity (Wildman–Crippen MR) is 137 cm³/mol. The molecule has 3 heterocycles. The number of ether oxygens (including phenoxy) is 1. The van der Waals surface area contributed by atoms with E-state index in [9.17, 15) is 9.59 Å². The quantitative estimate of drug-likeness (QED) is 0.509. The molecule has 1 aliphatic carbocycles. The van der Waals surface area contributed by atoms with Gasteiger partial charge in [-0.3, -0.25) is 9.59 Å². The lowest BCUT2D eigenvalue weighted by Crippen LogP contribution is -2.32. The third kappa shape index (κ3) is 4.91. The van der Waals surface area contributed by atoms with Gasteiger partial charge in [0.05, 0.1) is 11.7 Å². The average molecular weight is 497 g/mol. The standard InChI is InChI=1S/C25H29ClN6O3/c1-27-22(33)15-35-21-13-16-12-17(8-9-20(16)32(24(21)34)18-6-5-7-18)29-23-19(26)14-28-25(30-23)31-10-3-2-4-11-31/h8-9,12-14,18H,2-7,10-11,15H2,1H3,(H,27,33)(H,28,29,30). The number of hydrogen-bond acceptors (Lipinski definition) is 7. The van der Waals surface area contributed by atoms with Gasteiger partial charge in [0.15, 0.2) is 18.2 Å². The fourth-order valence-corrected chi connectivity index (χ4v) is 4.69. The molecule has 2 N–H and O–H groups in total. The summed E-state index contributed by atoms with van der Waals surface area (Å²) in [5.41, 5.74) is 1.40. The Labute approximate surface area is 208 Å². The van der Waals surface area contributed by atoms with Crippen molar-refractivity contribution >= 4 is 45.9 Å². The Hall–Kier alpha value is -3.33. The minimum atomic E-state index is -0.293. The summed E-state index contributed by atoms with van der Waals surface area (Å²) in [6, 6.07) is 7.62. The van der Waals surface area contributed by atoms with Gasteiger partial charge in [0.25, 0.3) is 11.5 Å². The lowest BCUT2D eigenvalue weighted by molar-refractivity contribution is -0.122. The molecule has 5 rings (SSSR count). The van der Waals surface area contributed by atoms with Crippen LogP contribution in [-0.2, 0) is 4.79 Å². The smallest absolute Gasteiger partial charge is 0.293 e. The van der Waals surface area contributed by atoms with E-state index >= 15 is 0 Å². The Morgan fingerprint density at radius 1 is 1.17 bits per heavy atom. The molecule has 35 heavy (non-hydrogen) atoms. The normalized spacial score (nSPS) is 16.1. The molecule has 10 heteroatoms. The number of carbonyl (C=O) groups excluding carboxylic acids is 1. The number of amides is 1. The average Bonchev–Trinajstić information content (AvgIpc) is 2.85. The van der Waals surface area contributed by atoms with Crippen molar-refractivity contribution in [2.45, 2.75) is 44.6 Å². The first-order chi connectivity index (χ1) is 17.0. The van der Waals surface area contributed by atoms with Gasteiger partial charge in [0, 0.05) is 37.3 Å². The van der Waals surface area contributed by atoms with Crippen LogP contribution in [0.4, 0.5) is 17.5 Å². The van der Waals surface area contributed by atoms with Crippen molar-refractivity contribution < 1.29 is 9.53 Å². The molecular weight excluding hydrogens is 468 g/mol. The maximum atomic E-state index is 13.2. The maximum Gasteiger partial charge on any atom is 0.293 e. The van der Waals surface area contributed by atoms with Gasteiger partial charge in [0.1, 0.15) is 5.02 Å². The number of likely N-dealkylation sites (N-methyl/N-ethyl adjacent to an activating group) is 1. The van der Waals surface area contributed by atoms with Gasteiger partial charge in [-0.05, 0) is 62.8 Å². The molecule has 9 nitrogen and oxygen atoms in total. The first kappa shape index (κ1) is 23.4. The first-order valence-corrected chi connectivity index (χ1v) is 12.5. The van der Waals surface area contributed by atoms with E-state index in [2.05, 4.69) is 25.5 Å². The second-order valence-electron chi connectivity index (χ2n) is 9.04. The molecule has 2 aromatic heterocycles. The summed E-state index contributed by atoms with van der Waals surface area (Å²) in [5, 5.41) is 7.08. The Morgan fingerprint density at radius 2 is 1.97 bits per heavy atom. The second kappa shape index (κ2) is 10.1. The predicted octanol–water partition coefficient (Wildman–Crippen LogP) is 4.03. The summed E-state index contributed by atoms with van der Waals surface area (Å²) >= 11 is 6.42. The molecule has 0 atom stereocenters. The molecule has 0 spiro atoms. The highest BCUT2D eigenvalue weighted by molar-refractivity contribution is 6.32. The van der Waals surface area contributed by atoms with Crippen LogP contribution in [0.25, 0.3) is 10.9 Å². The molecule has 2 fully saturated rings. The van der Waals surface area contributed by atoms with E-state index in [0.717, 1.165) is 61.8 Å². The molecule has 2 aliphatic rings. The van der Waals surface area contributed by atoms with Crippen molar-refractivity contribution in [3.63, 3.8) is 0 Å². The minimum absolute atomic E-state index is 0.135. The Balaban J connectivity index is 1.48. The molecule has 1 amide bonds. The van der Waals surface area contributed by atoms with Crippen LogP contribution in [0.1, 0.15) is 44.6 Å². The van der Waals surface area contributed by atoms with Crippen LogP contribution in [0.3, 0.4) is 0 Å². The fourth-order valence-electron chi connectivity index (χ4n) is 4.55. The number of pyridine rings is 1. The van der Waals surface area contributed by atoms with Crippen molar-refractivity contribution in [3.8, 4) is 5.75 Å². The van der Waals surface area contributed by atoms with E-state index in [-0.39, 0.29) is 29.9 Å². The number of halogens is 1. The van der Waals surface area contributed by atoms with Crippen LogP contribution >= 0.6 is 11.6 Å². The SMILES string of the molecule is CNC(=O)COc1cc2cc(Nc3nc(N4CCCCC4)ncc3Cl)ccc2n(C2CCC2)c1=O. The van der Waals surface area contributed by atoms with Gasteiger partial charge in [-0.1, -0.05) is 11.6 Å². The van der Waals surface area contributed by atoms with Crippen molar-refractivity contribution in [1.82, 2.24) is 19.9 Å². The molecule has 1 aliphatic heterocycles. The van der Waals surface area contributed by atoms with Crippen molar-refractivity contribution in [3.05, 3.63) is 45.8 Å². The summed E-state index contributed by atoms with van der Waals surface area (Å²) in [6.07, 6.45) is 8.10. The highest BCUT2D eigenvalue weighted by Gasteiger charge is 2.24. The third-order valence-electron chi connectivity index (χ3n) is 6.71. The van der Waals surface area contributed by atoms with Gasteiger partial charge in [-0.25, -0.2) is 4.98 Å². The van der Waals surface area contributed by atoms with Crippen LogP contribution in [-0.4, -0.2) is 47.2 Å². The highest BCUT2D eigenvalue weighted by Crippen LogP contribution is 2.35. The third-order valence-corrected chi connectivity index (χ3v) is 6.99. The molecule has 184 valence electrons. The number of nitrogens with zero attached hydrogens (tertiary/aromatic N) is 4.